The number of likely N-dealkylation sites (tertiary alicyclic amines) is 1. The number of hydrogen-bond acceptors (Lipinski definition) is 5. The number of rotatable bonds is 3. The fourth-order valence-corrected chi connectivity index (χ4v) is 4.07. The van der Waals surface area contributed by atoms with Crippen molar-refractivity contribution in [2.24, 2.45) is 5.41 Å². The molecule has 23 heavy (non-hydrogen) atoms. The molecule has 0 bridgehead atoms. The Morgan fingerprint density at radius 3 is 2.65 bits per heavy atom. The summed E-state index contributed by atoms with van der Waals surface area (Å²) in [5.74, 6) is 1.15. The Kier molecular flexibility index (Phi) is 4.27. The lowest BCUT2D eigenvalue weighted by Crippen LogP contribution is -2.41. The standard InChI is InChI=1S/C17H26N4O2/c1-4-13-9-15(19-12(2)18-13)21-7-5-17(6-8-21)10-14(16(22)23)20(3)11-17/h9,14H,4-8,10-11H2,1-3H3,(H,22,23)/t14-/m0/s1. The first-order chi connectivity index (χ1) is 10.9. The van der Waals surface area contributed by atoms with Crippen molar-refractivity contribution in [3.05, 3.63) is 17.6 Å². The van der Waals surface area contributed by atoms with Gasteiger partial charge in [0, 0.05) is 31.4 Å². The van der Waals surface area contributed by atoms with E-state index in [1.165, 1.54) is 0 Å². The molecule has 2 aliphatic rings. The van der Waals surface area contributed by atoms with Crippen molar-refractivity contribution in [1.82, 2.24) is 14.9 Å². The molecule has 3 heterocycles. The van der Waals surface area contributed by atoms with Crippen molar-refractivity contribution in [3.63, 3.8) is 0 Å². The molecule has 0 radical (unpaired) electrons. The Hall–Kier alpha value is -1.69. The summed E-state index contributed by atoms with van der Waals surface area (Å²) in [4.78, 5) is 24.7. The molecule has 0 amide bonds. The van der Waals surface area contributed by atoms with E-state index < -0.39 is 5.97 Å². The van der Waals surface area contributed by atoms with Crippen molar-refractivity contribution < 1.29 is 9.90 Å². The van der Waals surface area contributed by atoms with Crippen LogP contribution in [0.4, 0.5) is 5.82 Å². The number of carbonyl (C=O) groups is 1. The normalized spacial score (nSPS) is 24.3. The first-order valence-electron chi connectivity index (χ1n) is 8.45. The minimum atomic E-state index is -0.689. The van der Waals surface area contributed by atoms with Crippen molar-refractivity contribution in [3.8, 4) is 0 Å². The zero-order chi connectivity index (χ0) is 16.6. The van der Waals surface area contributed by atoms with Crippen LogP contribution < -0.4 is 4.90 Å². The number of likely N-dealkylation sites (N-methyl/N-ethyl adjacent to an activating group) is 1. The summed E-state index contributed by atoms with van der Waals surface area (Å²) < 4.78 is 0. The van der Waals surface area contributed by atoms with Crippen LogP contribution in [0.15, 0.2) is 6.07 Å². The number of aromatic nitrogens is 2. The summed E-state index contributed by atoms with van der Waals surface area (Å²) in [6.45, 7) is 6.83. The molecule has 1 spiro atoms. The fraction of sp³-hybridized carbons (Fsp3) is 0.706. The third kappa shape index (κ3) is 3.17. The molecular formula is C17H26N4O2. The van der Waals surface area contributed by atoms with Crippen LogP contribution in [0.3, 0.4) is 0 Å². The molecule has 0 unspecified atom stereocenters. The average molecular weight is 318 g/mol. The minimum Gasteiger partial charge on any atom is -0.480 e. The zero-order valence-electron chi connectivity index (χ0n) is 14.2. The van der Waals surface area contributed by atoms with Gasteiger partial charge in [-0.1, -0.05) is 6.92 Å². The molecule has 0 aliphatic carbocycles. The number of aryl methyl sites for hydroxylation is 2. The second kappa shape index (κ2) is 6.07. The second-order valence-electron chi connectivity index (χ2n) is 7.08. The van der Waals surface area contributed by atoms with Gasteiger partial charge in [-0.05, 0) is 45.1 Å². The Bertz CT molecular complexity index is 596. The maximum Gasteiger partial charge on any atom is 0.320 e. The molecule has 6 nitrogen and oxygen atoms in total. The van der Waals surface area contributed by atoms with Crippen LogP contribution in [0, 0.1) is 12.3 Å². The molecular weight excluding hydrogens is 292 g/mol. The number of nitrogens with zero attached hydrogens (tertiary/aromatic N) is 4. The summed E-state index contributed by atoms with van der Waals surface area (Å²) in [5.41, 5.74) is 1.24. The molecule has 1 N–H and O–H groups in total. The van der Waals surface area contributed by atoms with Gasteiger partial charge in [0.1, 0.15) is 17.7 Å². The quantitative estimate of drug-likeness (QED) is 0.915. The smallest absolute Gasteiger partial charge is 0.320 e. The lowest BCUT2D eigenvalue weighted by Gasteiger charge is -2.39. The minimum absolute atomic E-state index is 0.157. The predicted octanol–water partition coefficient (Wildman–Crippen LogP) is 1.72. The number of anilines is 1. The predicted molar refractivity (Wildman–Crippen MR) is 88.7 cm³/mol. The van der Waals surface area contributed by atoms with E-state index in [2.05, 4.69) is 27.9 Å². The average Bonchev–Trinajstić information content (AvgIpc) is 2.84. The van der Waals surface area contributed by atoms with Crippen LogP contribution in [0.2, 0.25) is 0 Å². The zero-order valence-corrected chi connectivity index (χ0v) is 14.2. The summed E-state index contributed by atoms with van der Waals surface area (Å²) >= 11 is 0. The van der Waals surface area contributed by atoms with E-state index in [1.54, 1.807) is 0 Å². The van der Waals surface area contributed by atoms with Gasteiger partial charge in [0.15, 0.2) is 0 Å². The van der Waals surface area contributed by atoms with Crippen LogP contribution in [-0.2, 0) is 11.2 Å². The van der Waals surface area contributed by atoms with Crippen molar-refractivity contribution in [1.29, 1.82) is 0 Å². The summed E-state index contributed by atoms with van der Waals surface area (Å²) in [6, 6.07) is 1.76. The molecule has 0 aromatic carbocycles. The van der Waals surface area contributed by atoms with E-state index in [4.69, 9.17) is 0 Å². The van der Waals surface area contributed by atoms with E-state index in [1.807, 2.05) is 18.9 Å². The molecule has 2 aliphatic heterocycles. The molecule has 2 saturated heterocycles. The molecule has 6 heteroatoms. The first kappa shape index (κ1) is 16.2. The van der Waals surface area contributed by atoms with E-state index in [0.29, 0.717) is 0 Å². The van der Waals surface area contributed by atoms with Gasteiger partial charge in [-0.25, -0.2) is 9.97 Å². The summed E-state index contributed by atoms with van der Waals surface area (Å²) in [7, 11) is 1.93. The van der Waals surface area contributed by atoms with Crippen LogP contribution in [0.1, 0.15) is 37.7 Å². The molecule has 3 rings (SSSR count). The third-order valence-corrected chi connectivity index (χ3v) is 5.42. The number of aliphatic carboxylic acids is 1. The van der Waals surface area contributed by atoms with Gasteiger partial charge < -0.3 is 10.0 Å². The van der Waals surface area contributed by atoms with Gasteiger partial charge in [-0.2, -0.15) is 0 Å². The highest BCUT2D eigenvalue weighted by atomic mass is 16.4. The lowest BCUT2D eigenvalue weighted by molar-refractivity contribution is -0.141. The molecule has 1 atom stereocenters. The highest BCUT2D eigenvalue weighted by Crippen LogP contribution is 2.43. The Labute approximate surface area is 137 Å². The topological polar surface area (TPSA) is 69.6 Å². The Balaban J connectivity index is 1.69. The van der Waals surface area contributed by atoms with Gasteiger partial charge in [0.05, 0.1) is 0 Å². The Morgan fingerprint density at radius 2 is 2.09 bits per heavy atom. The van der Waals surface area contributed by atoms with Gasteiger partial charge in [-0.3, -0.25) is 9.69 Å². The lowest BCUT2D eigenvalue weighted by atomic mass is 9.76. The largest absolute Gasteiger partial charge is 0.480 e. The fourth-order valence-electron chi connectivity index (χ4n) is 4.07. The Morgan fingerprint density at radius 1 is 1.39 bits per heavy atom. The second-order valence-corrected chi connectivity index (χ2v) is 7.08. The summed E-state index contributed by atoms with van der Waals surface area (Å²) in [5, 5.41) is 9.35. The van der Waals surface area contributed by atoms with Crippen molar-refractivity contribution in [2.75, 3.05) is 31.6 Å². The number of carboxylic acids is 1. The highest BCUT2D eigenvalue weighted by molar-refractivity contribution is 5.74. The molecule has 1 aromatic rings. The monoisotopic (exact) mass is 318 g/mol. The van der Waals surface area contributed by atoms with Gasteiger partial charge in [0.2, 0.25) is 0 Å². The third-order valence-electron chi connectivity index (χ3n) is 5.42. The first-order valence-corrected chi connectivity index (χ1v) is 8.45. The van der Waals surface area contributed by atoms with Crippen molar-refractivity contribution in [2.45, 2.75) is 45.6 Å². The molecule has 2 fully saturated rings. The number of piperidine rings is 1. The van der Waals surface area contributed by atoms with Crippen LogP contribution in [0.25, 0.3) is 0 Å². The van der Waals surface area contributed by atoms with E-state index in [0.717, 1.165) is 62.7 Å². The van der Waals surface area contributed by atoms with Crippen LogP contribution in [0.5, 0.6) is 0 Å². The van der Waals surface area contributed by atoms with Crippen LogP contribution >= 0.6 is 0 Å². The maximum atomic E-state index is 11.4. The van der Waals surface area contributed by atoms with Gasteiger partial charge >= 0.3 is 5.97 Å². The van der Waals surface area contributed by atoms with Crippen molar-refractivity contribution >= 4 is 11.8 Å². The molecule has 1 aromatic heterocycles. The SMILES string of the molecule is CCc1cc(N2CCC3(CC2)C[C@@H](C(=O)O)N(C)C3)nc(C)n1. The van der Waals surface area contributed by atoms with E-state index in [9.17, 15) is 9.90 Å². The van der Waals surface area contributed by atoms with E-state index >= 15 is 0 Å². The van der Waals surface area contributed by atoms with Crippen LogP contribution in [-0.4, -0.2) is 58.7 Å². The number of hydrogen-bond donors (Lipinski definition) is 1. The van der Waals surface area contributed by atoms with Gasteiger partial charge in [0.25, 0.3) is 0 Å². The summed E-state index contributed by atoms with van der Waals surface area (Å²) in [6.07, 6.45) is 3.76. The molecule has 0 saturated carbocycles. The maximum absolute atomic E-state index is 11.4. The van der Waals surface area contributed by atoms with Gasteiger partial charge in [-0.15, -0.1) is 0 Å². The molecule has 126 valence electrons. The van der Waals surface area contributed by atoms with E-state index in [-0.39, 0.29) is 11.5 Å². The number of carboxylic acid groups (broad SMARTS) is 1. The highest BCUT2D eigenvalue weighted by Gasteiger charge is 2.46.